The van der Waals surface area contributed by atoms with Crippen LogP contribution < -0.4 is 9.80 Å². The van der Waals surface area contributed by atoms with Gasteiger partial charge in [0.25, 0.3) is 0 Å². The van der Waals surface area contributed by atoms with Crippen LogP contribution in [0, 0.1) is 6.92 Å². The van der Waals surface area contributed by atoms with Crippen LogP contribution in [0.2, 0.25) is 0 Å². The predicted molar refractivity (Wildman–Crippen MR) is 464 cm³/mol. The highest BCUT2D eigenvalue weighted by Gasteiger charge is 2.53. The maximum atomic E-state index is 2.54. The Morgan fingerprint density at radius 2 is 0.559 bits per heavy atom. The Bertz CT molecular complexity index is 6400. The van der Waals surface area contributed by atoms with Gasteiger partial charge < -0.3 is 9.80 Å². The molecule has 111 heavy (non-hydrogen) atoms. The lowest BCUT2D eigenvalue weighted by atomic mass is 9.67. The number of benzene rings is 16. The maximum Gasteiger partial charge on any atom is 0.0726 e. The molecule has 0 saturated heterocycles. The highest BCUT2D eigenvalue weighted by molar-refractivity contribution is 6.00. The van der Waals surface area contributed by atoms with E-state index in [-0.39, 0.29) is 16.2 Å². The zero-order valence-electron chi connectivity index (χ0n) is 64.0. The molecule has 0 radical (unpaired) electrons. The fourth-order valence-corrected chi connectivity index (χ4v) is 20.8. The van der Waals surface area contributed by atoms with Crippen LogP contribution >= 0.6 is 0 Å². The Kier molecular flexibility index (Phi) is 14.7. The zero-order chi connectivity index (χ0) is 74.9. The Morgan fingerprint density at radius 1 is 0.225 bits per heavy atom. The van der Waals surface area contributed by atoms with Crippen molar-refractivity contribution >= 4 is 34.1 Å². The van der Waals surface area contributed by atoms with Crippen molar-refractivity contribution in [2.45, 2.75) is 82.5 Å². The summed E-state index contributed by atoms with van der Waals surface area (Å²) in [6.07, 6.45) is 0. The van der Waals surface area contributed by atoms with Gasteiger partial charge in [-0.3, -0.25) is 0 Å². The summed E-state index contributed by atoms with van der Waals surface area (Å²) in [7, 11) is 0. The molecule has 0 amide bonds. The van der Waals surface area contributed by atoms with Crippen LogP contribution in [-0.4, -0.2) is 0 Å². The third-order valence-corrected chi connectivity index (χ3v) is 25.8. The molecule has 0 fully saturated rings. The number of fused-ring (bicyclic) bond motifs is 19. The first-order chi connectivity index (χ1) is 54.1. The number of para-hydroxylation sites is 1. The van der Waals surface area contributed by atoms with Crippen molar-refractivity contribution in [3.05, 3.63) is 442 Å². The first kappa shape index (κ1) is 66.3. The van der Waals surface area contributed by atoms with Crippen LogP contribution in [-0.2, 0) is 27.1 Å². The summed E-state index contributed by atoms with van der Waals surface area (Å²) in [5.74, 6) is 0. The maximum absolute atomic E-state index is 2.54. The number of aryl methyl sites for hydroxylation is 1. The quantitative estimate of drug-likeness (QED) is 0.127. The number of hydrogen-bond donors (Lipinski definition) is 0. The topological polar surface area (TPSA) is 6.48 Å². The molecule has 1 spiro atoms. The number of anilines is 6. The van der Waals surface area contributed by atoms with E-state index in [1.807, 2.05) is 0 Å². The lowest BCUT2D eigenvalue weighted by molar-refractivity contribution is 0.590. The van der Waals surface area contributed by atoms with Gasteiger partial charge in [0.2, 0.25) is 0 Å². The molecule has 16 aromatic rings. The van der Waals surface area contributed by atoms with Crippen LogP contribution in [0.15, 0.2) is 364 Å². The molecule has 0 saturated carbocycles. The molecule has 21 rings (SSSR count). The van der Waals surface area contributed by atoms with Crippen LogP contribution in [0.25, 0.3) is 89.0 Å². The number of nitrogens with zero attached hydrogens (tertiary/aromatic N) is 2. The largest absolute Gasteiger partial charge is 0.310 e. The molecule has 2 heteroatoms. The summed E-state index contributed by atoms with van der Waals surface area (Å²) >= 11 is 0. The SMILES string of the molecule is Cc1ccccc1N(c1ccc(-c2cccc3c2C(C)(C)c2ccccc2-3)cc1)c1ccc2c(c1)C1(c3ccccc3-c3ccccc31)c1ccc(-c3ccc4c(c3)-c3cccc(-c5ccc(N(c6ccc(C(C)(C)C)cc6)c6ccc7c(c6)C(c6ccccc6)(c6ccccc6)c6ccccc6-7)cc5)c3C4(C)C)cc1-2. The molecule has 0 aromatic heterocycles. The lowest BCUT2D eigenvalue weighted by Crippen LogP contribution is -2.28. The summed E-state index contributed by atoms with van der Waals surface area (Å²) in [6, 6.07) is 139. The number of rotatable bonds is 11. The Morgan fingerprint density at radius 3 is 1.07 bits per heavy atom. The Hall–Kier alpha value is -12.9. The lowest BCUT2D eigenvalue weighted by Gasteiger charge is -2.35. The van der Waals surface area contributed by atoms with Crippen LogP contribution in [0.4, 0.5) is 34.1 Å². The molecular formula is C109H84N2. The predicted octanol–water partition coefficient (Wildman–Crippen LogP) is 28.6. The van der Waals surface area contributed by atoms with Crippen LogP contribution in [0.5, 0.6) is 0 Å². The van der Waals surface area contributed by atoms with E-state index in [9.17, 15) is 0 Å². The standard InChI is InChI=1S/C109H84N2/c1-69-27-15-24-44-102(69)111(79-55-47-71(48-56-79)82-36-25-38-90-87-35-16-20-40-94(87)106(5,6)103(82)90)81-60-62-89-92-65-73(50-64-99(92)109(101(89)68-81)97-42-22-18-32-84(97)85-33-19-23-43-98(85)109)72-49-63-95-93(66-72)91-39-26-37-83(104(91)107(95,7)8)70-45-53-77(54-46-70)110(78-57-51-74(52-58-78)105(2,3)4)80-59-61-88-86-34-17-21-41-96(86)108(100(88)67-80,75-28-11-9-12-29-75)76-30-13-10-14-31-76/h9-68H,1-8H3. The fourth-order valence-electron chi connectivity index (χ4n) is 20.8. The Labute approximate surface area is 653 Å². The molecule has 16 aromatic carbocycles. The molecule has 0 N–H and O–H groups in total. The van der Waals surface area contributed by atoms with Gasteiger partial charge in [-0.1, -0.05) is 334 Å². The van der Waals surface area contributed by atoms with Gasteiger partial charge in [0.15, 0.2) is 0 Å². The van der Waals surface area contributed by atoms with Crippen molar-refractivity contribution in [3.63, 3.8) is 0 Å². The fraction of sp³-hybridized carbons (Fsp3) is 0.119. The molecule has 2 nitrogen and oxygen atoms in total. The van der Waals surface area contributed by atoms with Crippen molar-refractivity contribution in [1.82, 2.24) is 0 Å². The first-order valence-electron chi connectivity index (χ1n) is 39.5. The van der Waals surface area contributed by atoms with Gasteiger partial charge in [0.05, 0.1) is 10.8 Å². The van der Waals surface area contributed by atoms with Crippen molar-refractivity contribution in [1.29, 1.82) is 0 Å². The summed E-state index contributed by atoms with van der Waals surface area (Å²) in [4.78, 5) is 4.96. The second-order valence-electron chi connectivity index (χ2n) is 33.4. The van der Waals surface area contributed by atoms with E-state index in [2.05, 4.69) is 429 Å². The van der Waals surface area contributed by atoms with Gasteiger partial charge >= 0.3 is 0 Å². The summed E-state index contributed by atoms with van der Waals surface area (Å²) < 4.78 is 0. The van der Waals surface area contributed by atoms with Crippen molar-refractivity contribution in [3.8, 4) is 89.0 Å². The van der Waals surface area contributed by atoms with Crippen LogP contribution in [0.1, 0.15) is 126 Å². The number of hydrogen-bond acceptors (Lipinski definition) is 2. The van der Waals surface area contributed by atoms with E-state index < -0.39 is 10.8 Å². The van der Waals surface area contributed by atoms with E-state index in [0.717, 1.165) is 34.1 Å². The normalized spacial score (nSPS) is 14.6. The smallest absolute Gasteiger partial charge is 0.0726 e. The second kappa shape index (κ2) is 24.6. The highest BCUT2D eigenvalue weighted by Crippen LogP contribution is 2.65. The molecule has 5 aliphatic rings. The molecule has 0 heterocycles. The van der Waals surface area contributed by atoms with Gasteiger partial charge in [-0.05, 0) is 258 Å². The van der Waals surface area contributed by atoms with Crippen molar-refractivity contribution in [2.24, 2.45) is 0 Å². The van der Waals surface area contributed by atoms with Crippen molar-refractivity contribution in [2.75, 3.05) is 9.80 Å². The first-order valence-corrected chi connectivity index (χ1v) is 39.5. The zero-order valence-corrected chi connectivity index (χ0v) is 64.0. The van der Waals surface area contributed by atoms with E-state index in [1.54, 1.807) is 0 Å². The monoisotopic (exact) mass is 1420 g/mol. The molecule has 0 bridgehead atoms. The Balaban J connectivity index is 0.658. The average Bonchev–Trinajstić information content (AvgIpc) is 1.45. The van der Waals surface area contributed by atoms with E-state index in [0.29, 0.717) is 0 Å². The highest BCUT2D eigenvalue weighted by atomic mass is 15.1. The minimum atomic E-state index is -0.565. The van der Waals surface area contributed by atoms with Gasteiger partial charge in [-0.2, -0.15) is 0 Å². The minimum Gasteiger partial charge on any atom is -0.310 e. The third-order valence-electron chi connectivity index (χ3n) is 25.8. The molecule has 0 unspecified atom stereocenters. The van der Waals surface area contributed by atoms with Gasteiger partial charge in [-0.15, -0.1) is 0 Å². The van der Waals surface area contributed by atoms with E-state index in [4.69, 9.17) is 0 Å². The second-order valence-corrected chi connectivity index (χ2v) is 33.4. The van der Waals surface area contributed by atoms with Gasteiger partial charge in [0, 0.05) is 45.0 Å². The molecular weight excluding hydrogens is 1340 g/mol. The molecule has 5 aliphatic carbocycles. The van der Waals surface area contributed by atoms with Crippen LogP contribution in [0.3, 0.4) is 0 Å². The average molecular weight is 1420 g/mol. The van der Waals surface area contributed by atoms with Crippen molar-refractivity contribution < 1.29 is 0 Å². The summed E-state index contributed by atoms with van der Waals surface area (Å²) in [5.41, 5.74) is 43.9. The van der Waals surface area contributed by atoms with E-state index >= 15 is 0 Å². The van der Waals surface area contributed by atoms with E-state index in [1.165, 1.54) is 167 Å². The summed E-state index contributed by atoms with van der Waals surface area (Å²) in [5, 5.41) is 0. The van der Waals surface area contributed by atoms with Gasteiger partial charge in [0.1, 0.15) is 0 Å². The molecule has 530 valence electrons. The molecule has 0 aliphatic heterocycles. The minimum absolute atomic E-state index is 0.00201. The van der Waals surface area contributed by atoms with Gasteiger partial charge in [-0.25, -0.2) is 0 Å². The molecule has 0 atom stereocenters. The summed E-state index contributed by atoms with van der Waals surface area (Å²) in [6.45, 7) is 18.8. The third kappa shape index (κ3) is 9.63.